The Morgan fingerprint density at radius 1 is 1.04 bits per heavy atom. The molecular formula is C17H15N5O. The van der Waals surface area contributed by atoms with Gasteiger partial charge in [0, 0.05) is 18.1 Å². The van der Waals surface area contributed by atoms with Crippen LogP contribution >= 0.6 is 0 Å². The summed E-state index contributed by atoms with van der Waals surface area (Å²) in [5.74, 6) is 0.470. The number of rotatable bonds is 2. The van der Waals surface area contributed by atoms with E-state index >= 15 is 0 Å². The van der Waals surface area contributed by atoms with Gasteiger partial charge in [0.2, 0.25) is 0 Å². The van der Waals surface area contributed by atoms with E-state index in [1.807, 2.05) is 49.5 Å². The minimum atomic E-state index is -0.262. The van der Waals surface area contributed by atoms with Gasteiger partial charge in [-0.05, 0) is 24.3 Å². The number of H-pyrrole nitrogens is 2. The molecule has 4 aromatic rings. The van der Waals surface area contributed by atoms with Crippen molar-refractivity contribution in [2.75, 3.05) is 18.1 Å². The van der Waals surface area contributed by atoms with E-state index in [1.54, 1.807) is 0 Å². The summed E-state index contributed by atoms with van der Waals surface area (Å²) >= 11 is 0. The number of para-hydroxylation sites is 2. The van der Waals surface area contributed by atoms with Crippen LogP contribution in [0, 0.1) is 0 Å². The topological polar surface area (TPSA) is 99.6 Å². The van der Waals surface area contributed by atoms with Crippen molar-refractivity contribution >= 4 is 33.3 Å². The maximum atomic E-state index is 12.5. The minimum Gasteiger partial charge on any atom is -0.397 e. The van der Waals surface area contributed by atoms with Crippen molar-refractivity contribution in [3.05, 3.63) is 52.8 Å². The molecule has 2 heterocycles. The summed E-state index contributed by atoms with van der Waals surface area (Å²) in [6.07, 6.45) is 0. The normalized spacial score (nSPS) is 11.2. The summed E-state index contributed by atoms with van der Waals surface area (Å²) in [4.78, 5) is 23.1. The van der Waals surface area contributed by atoms with Gasteiger partial charge in [0.15, 0.2) is 0 Å². The second kappa shape index (κ2) is 4.88. The third kappa shape index (κ3) is 1.96. The van der Waals surface area contributed by atoms with Gasteiger partial charge >= 0.3 is 0 Å². The first-order chi connectivity index (χ1) is 11.2. The summed E-state index contributed by atoms with van der Waals surface area (Å²) in [5, 5.41) is 3.89. The van der Waals surface area contributed by atoms with Crippen molar-refractivity contribution in [2.24, 2.45) is 0 Å². The Morgan fingerprint density at radius 2 is 1.83 bits per heavy atom. The highest BCUT2D eigenvalue weighted by molar-refractivity contribution is 6.05. The standard InChI is InChI=1S/C17H15N5O/c1-19-11-7-4-8-12-13(11)15(18)14(17(23)22-12)16-20-9-5-2-3-6-10(9)21-16/h2-8,19H,1H3,(H,20,21)(H3,18,22,23). The van der Waals surface area contributed by atoms with Crippen molar-refractivity contribution in [2.45, 2.75) is 0 Å². The molecule has 0 fully saturated rings. The van der Waals surface area contributed by atoms with Crippen LogP contribution < -0.4 is 16.6 Å². The van der Waals surface area contributed by atoms with Gasteiger partial charge in [-0.3, -0.25) is 4.79 Å². The Balaban J connectivity index is 2.08. The molecule has 2 aromatic carbocycles. The average Bonchev–Trinajstić information content (AvgIpc) is 2.97. The quantitative estimate of drug-likeness (QED) is 0.457. The highest BCUT2D eigenvalue weighted by Gasteiger charge is 2.17. The lowest BCUT2D eigenvalue weighted by Crippen LogP contribution is -2.13. The maximum Gasteiger partial charge on any atom is 0.261 e. The van der Waals surface area contributed by atoms with Gasteiger partial charge in [0.1, 0.15) is 11.4 Å². The van der Waals surface area contributed by atoms with Gasteiger partial charge in [-0.1, -0.05) is 18.2 Å². The van der Waals surface area contributed by atoms with E-state index in [0.29, 0.717) is 22.6 Å². The zero-order valence-corrected chi connectivity index (χ0v) is 12.5. The van der Waals surface area contributed by atoms with E-state index < -0.39 is 0 Å². The Morgan fingerprint density at radius 3 is 2.61 bits per heavy atom. The molecule has 0 bridgehead atoms. The molecule has 0 amide bonds. The fourth-order valence-corrected chi connectivity index (χ4v) is 2.89. The van der Waals surface area contributed by atoms with Gasteiger partial charge in [0.05, 0.1) is 22.2 Å². The van der Waals surface area contributed by atoms with Gasteiger partial charge in [-0.25, -0.2) is 4.98 Å². The first-order valence-corrected chi connectivity index (χ1v) is 7.26. The van der Waals surface area contributed by atoms with Crippen molar-refractivity contribution < 1.29 is 0 Å². The molecule has 6 nitrogen and oxygen atoms in total. The molecule has 0 spiro atoms. The van der Waals surface area contributed by atoms with E-state index in [1.165, 1.54) is 0 Å². The van der Waals surface area contributed by atoms with Crippen LogP contribution in [0.15, 0.2) is 47.3 Å². The SMILES string of the molecule is CNc1cccc2[nH]c(=O)c(-c3nc4ccccc4[nH]3)c(N)c12. The Kier molecular flexibility index (Phi) is 2.84. The number of nitrogen functional groups attached to an aromatic ring is 1. The van der Waals surface area contributed by atoms with Crippen LogP contribution in [0.5, 0.6) is 0 Å². The number of nitrogens with zero attached hydrogens (tertiary/aromatic N) is 1. The van der Waals surface area contributed by atoms with E-state index in [0.717, 1.165) is 22.1 Å². The van der Waals surface area contributed by atoms with Gasteiger partial charge in [-0.15, -0.1) is 0 Å². The molecule has 0 atom stereocenters. The molecule has 0 aliphatic heterocycles. The summed E-state index contributed by atoms with van der Waals surface area (Å²) in [7, 11) is 1.82. The Labute approximate surface area is 131 Å². The van der Waals surface area contributed by atoms with Gasteiger partial charge < -0.3 is 21.0 Å². The molecule has 23 heavy (non-hydrogen) atoms. The van der Waals surface area contributed by atoms with Crippen molar-refractivity contribution in [3.8, 4) is 11.4 Å². The number of anilines is 2. The van der Waals surface area contributed by atoms with Crippen LogP contribution in [0.3, 0.4) is 0 Å². The maximum absolute atomic E-state index is 12.5. The number of benzene rings is 2. The molecule has 2 aromatic heterocycles. The highest BCUT2D eigenvalue weighted by Crippen LogP contribution is 2.32. The van der Waals surface area contributed by atoms with E-state index in [4.69, 9.17) is 5.73 Å². The van der Waals surface area contributed by atoms with Gasteiger partial charge in [-0.2, -0.15) is 0 Å². The first kappa shape index (κ1) is 13.4. The molecule has 4 rings (SSSR count). The molecule has 0 radical (unpaired) electrons. The third-order valence-corrected chi connectivity index (χ3v) is 3.97. The molecule has 0 saturated carbocycles. The molecule has 114 valence electrons. The lowest BCUT2D eigenvalue weighted by molar-refractivity contribution is 1.25. The number of aromatic amines is 2. The van der Waals surface area contributed by atoms with Crippen LogP contribution in [0.25, 0.3) is 33.3 Å². The number of nitrogens with two attached hydrogens (primary N) is 1. The Hall–Kier alpha value is -3.28. The molecule has 0 aliphatic rings. The minimum absolute atomic E-state index is 0.262. The molecule has 0 aliphatic carbocycles. The van der Waals surface area contributed by atoms with E-state index in [2.05, 4.69) is 20.3 Å². The molecule has 0 saturated heterocycles. The smallest absolute Gasteiger partial charge is 0.261 e. The van der Waals surface area contributed by atoms with Crippen molar-refractivity contribution in [1.82, 2.24) is 15.0 Å². The number of aromatic nitrogens is 3. The second-order valence-electron chi connectivity index (χ2n) is 5.32. The Bertz CT molecular complexity index is 1060. The number of hydrogen-bond acceptors (Lipinski definition) is 4. The molecular weight excluding hydrogens is 290 g/mol. The predicted molar refractivity (Wildman–Crippen MR) is 93.6 cm³/mol. The van der Waals surface area contributed by atoms with E-state index in [9.17, 15) is 4.79 Å². The lowest BCUT2D eigenvalue weighted by atomic mass is 10.1. The zero-order valence-electron chi connectivity index (χ0n) is 12.5. The molecule has 0 unspecified atom stereocenters. The second-order valence-corrected chi connectivity index (χ2v) is 5.32. The van der Waals surface area contributed by atoms with Crippen LogP contribution in [0.4, 0.5) is 11.4 Å². The predicted octanol–water partition coefficient (Wildman–Crippen LogP) is 2.70. The highest BCUT2D eigenvalue weighted by atomic mass is 16.1. The number of imidazole rings is 1. The number of pyridine rings is 1. The van der Waals surface area contributed by atoms with Crippen LogP contribution in [0.1, 0.15) is 0 Å². The van der Waals surface area contributed by atoms with Crippen LogP contribution in [0.2, 0.25) is 0 Å². The van der Waals surface area contributed by atoms with Crippen molar-refractivity contribution in [1.29, 1.82) is 0 Å². The van der Waals surface area contributed by atoms with Crippen molar-refractivity contribution in [3.63, 3.8) is 0 Å². The molecule has 6 heteroatoms. The third-order valence-electron chi connectivity index (χ3n) is 3.97. The largest absolute Gasteiger partial charge is 0.397 e. The van der Waals surface area contributed by atoms with Crippen LogP contribution in [-0.4, -0.2) is 22.0 Å². The number of nitrogens with one attached hydrogen (secondary N) is 3. The van der Waals surface area contributed by atoms with Crippen LogP contribution in [-0.2, 0) is 0 Å². The number of hydrogen-bond donors (Lipinski definition) is 4. The summed E-state index contributed by atoms with van der Waals surface area (Å²) in [6, 6.07) is 13.2. The number of fused-ring (bicyclic) bond motifs is 2. The summed E-state index contributed by atoms with van der Waals surface area (Å²) in [5.41, 5.74) is 10.0. The average molecular weight is 305 g/mol. The first-order valence-electron chi connectivity index (χ1n) is 7.26. The zero-order chi connectivity index (χ0) is 16.0. The lowest BCUT2D eigenvalue weighted by Gasteiger charge is -2.11. The van der Waals surface area contributed by atoms with Gasteiger partial charge in [0.25, 0.3) is 5.56 Å². The van der Waals surface area contributed by atoms with E-state index in [-0.39, 0.29) is 5.56 Å². The summed E-state index contributed by atoms with van der Waals surface area (Å²) in [6.45, 7) is 0. The fourth-order valence-electron chi connectivity index (χ4n) is 2.89. The summed E-state index contributed by atoms with van der Waals surface area (Å²) < 4.78 is 0. The monoisotopic (exact) mass is 305 g/mol. The molecule has 5 N–H and O–H groups in total. The fraction of sp³-hybridized carbons (Fsp3) is 0.0588.